The average molecular weight is 382 g/mol. The van der Waals surface area contributed by atoms with E-state index < -0.39 is 0 Å². The number of hydrogen-bond acceptors (Lipinski definition) is 5. The molecule has 0 saturated heterocycles. The van der Waals surface area contributed by atoms with Crippen molar-refractivity contribution in [3.8, 4) is 5.69 Å². The van der Waals surface area contributed by atoms with Gasteiger partial charge in [0.1, 0.15) is 6.61 Å². The summed E-state index contributed by atoms with van der Waals surface area (Å²) in [7, 11) is 1.63. The van der Waals surface area contributed by atoms with Gasteiger partial charge in [-0.2, -0.15) is 0 Å². The van der Waals surface area contributed by atoms with Gasteiger partial charge in [-0.1, -0.05) is 48.2 Å². The van der Waals surface area contributed by atoms with Crippen molar-refractivity contribution in [2.45, 2.75) is 25.1 Å². The first-order valence-corrected chi connectivity index (χ1v) is 9.64. The van der Waals surface area contributed by atoms with Crippen molar-refractivity contribution in [3.63, 3.8) is 0 Å². The van der Waals surface area contributed by atoms with Gasteiger partial charge in [-0.25, -0.2) is 0 Å². The van der Waals surface area contributed by atoms with E-state index in [0.29, 0.717) is 18.8 Å². The van der Waals surface area contributed by atoms with E-state index in [1.165, 1.54) is 11.8 Å². The summed E-state index contributed by atoms with van der Waals surface area (Å²) in [6, 6.07) is 17.6. The molecule has 0 atom stereocenters. The molecule has 7 heteroatoms. The largest absolute Gasteiger partial charge is 0.377 e. The number of carbonyl (C=O) groups excluding carboxylic acids is 1. The number of methoxy groups -OCH3 is 1. The van der Waals surface area contributed by atoms with Gasteiger partial charge in [0.15, 0.2) is 11.0 Å². The molecule has 0 aliphatic carbocycles. The molecule has 0 aliphatic rings. The van der Waals surface area contributed by atoms with Gasteiger partial charge in [-0.3, -0.25) is 9.36 Å². The predicted octanol–water partition coefficient (Wildman–Crippen LogP) is 3.84. The van der Waals surface area contributed by atoms with E-state index in [2.05, 4.69) is 15.5 Å². The van der Waals surface area contributed by atoms with E-state index in [1.54, 1.807) is 7.11 Å². The van der Waals surface area contributed by atoms with Crippen molar-refractivity contribution in [3.05, 3.63) is 66.0 Å². The van der Waals surface area contributed by atoms with Crippen molar-refractivity contribution in [2.24, 2.45) is 0 Å². The summed E-state index contributed by atoms with van der Waals surface area (Å²) in [6.07, 6.45) is 0.389. The van der Waals surface area contributed by atoms with Crippen LogP contribution in [0.5, 0.6) is 0 Å². The highest BCUT2D eigenvalue weighted by Crippen LogP contribution is 2.23. The van der Waals surface area contributed by atoms with Gasteiger partial charge in [0, 0.05) is 30.7 Å². The van der Waals surface area contributed by atoms with Gasteiger partial charge < -0.3 is 10.1 Å². The Hall–Kier alpha value is -2.64. The number of aromatic nitrogens is 3. The first kappa shape index (κ1) is 19.1. The van der Waals surface area contributed by atoms with E-state index in [-0.39, 0.29) is 5.91 Å². The molecular weight excluding hydrogens is 360 g/mol. The number of aryl methyl sites for hydroxylation is 1. The number of ether oxygens (including phenoxy) is 1. The van der Waals surface area contributed by atoms with E-state index in [4.69, 9.17) is 4.74 Å². The van der Waals surface area contributed by atoms with Crippen LogP contribution < -0.4 is 5.32 Å². The molecule has 27 heavy (non-hydrogen) atoms. The second kappa shape index (κ2) is 9.34. The van der Waals surface area contributed by atoms with E-state index in [1.807, 2.05) is 66.1 Å². The zero-order valence-corrected chi connectivity index (χ0v) is 16.2. The summed E-state index contributed by atoms with van der Waals surface area (Å²) >= 11 is 1.50. The lowest BCUT2D eigenvalue weighted by Gasteiger charge is -2.10. The lowest BCUT2D eigenvalue weighted by molar-refractivity contribution is -0.115. The molecule has 1 aromatic heterocycles. The SMILES string of the molecule is COCc1nnc(SCCC(=O)Nc2ccccc2C)n1-c1ccccc1. The normalized spacial score (nSPS) is 10.7. The molecule has 0 bridgehead atoms. The van der Waals surface area contributed by atoms with Gasteiger partial charge in [0.2, 0.25) is 5.91 Å². The quantitative estimate of drug-likeness (QED) is 0.600. The van der Waals surface area contributed by atoms with Crippen LogP contribution in [0.4, 0.5) is 5.69 Å². The summed E-state index contributed by atoms with van der Waals surface area (Å²) in [5.74, 6) is 1.32. The van der Waals surface area contributed by atoms with Crippen LogP contribution in [0.25, 0.3) is 5.69 Å². The van der Waals surface area contributed by atoms with Crippen LogP contribution in [0.2, 0.25) is 0 Å². The summed E-state index contributed by atoms with van der Waals surface area (Å²) in [5, 5.41) is 12.2. The molecule has 140 valence electrons. The van der Waals surface area contributed by atoms with Gasteiger partial charge in [-0.05, 0) is 30.7 Å². The van der Waals surface area contributed by atoms with Crippen molar-refractivity contribution in [1.29, 1.82) is 0 Å². The zero-order chi connectivity index (χ0) is 19.1. The number of para-hydroxylation sites is 2. The Labute approximate surface area is 163 Å². The van der Waals surface area contributed by atoms with Crippen molar-refractivity contribution >= 4 is 23.4 Å². The highest BCUT2D eigenvalue weighted by atomic mass is 32.2. The molecule has 0 spiro atoms. The standard InChI is InChI=1S/C20H22N4O2S/c1-15-8-6-7-11-17(15)21-19(25)12-13-27-20-23-22-18(14-26-2)24(20)16-9-4-3-5-10-16/h3-11H,12-14H2,1-2H3,(H,21,25). The van der Waals surface area contributed by atoms with Gasteiger partial charge in [0.25, 0.3) is 0 Å². The van der Waals surface area contributed by atoms with Gasteiger partial charge in [-0.15, -0.1) is 10.2 Å². The summed E-state index contributed by atoms with van der Waals surface area (Å²) in [4.78, 5) is 12.2. The van der Waals surface area contributed by atoms with Crippen molar-refractivity contribution in [1.82, 2.24) is 14.8 Å². The van der Waals surface area contributed by atoms with E-state index >= 15 is 0 Å². The zero-order valence-electron chi connectivity index (χ0n) is 15.4. The molecule has 1 amide bonds. The number of hydrogen-bond donors (Lipinski definition) is 1. The lowest BCUT2D eigenvalue weighted by atomic mass is 10.2. The number of amides is 1. The second-order valence-electron chi connectivity index (χ2n) is 5.96. The molecule has 0 unspecified atom stereocenters. The fourth-order valence-corrected chi connectivity index (χ4v) is 3.52. The molecule has 1 N–H and O–H groups in total. The highest BCUT2D eigenvalue weighted by molar-refractivity contribution is 7.99. The Morgan fingerprint density at radius 1 is 1.11 bits per heavy atom. The van der Waals surface area contributed by atoms with E-state index in [9.17, 15) is 4.79 Å². The number of carbonyl (C=O) groups is 1. The van der Waals surface area contributed by atoms with Crippen LogP contribution in [0.1, 0.15) is 17.8 Å². The predicted molar refractivity (Wildman–Crippen MR) is 107 cm³/mol. The van der Waals surface area contributed by atoms with Gasteiger partial charge >= 0.3 is 0 Å². The third-order valence-corrected chi connectivity index (χ3v) is 4.90. The van der Waals surface area contributed by atoms with Crippen LogP contribution in [0, 0.1) is 6.92 Å². The fraction of sp³-hybridized carbons (Fsp3) is 0.250. The molecule has 2 aromatic carbocycles. The number of thioether (sulfide) groups is 1. The number of nitrogens with zero attached hydrogens (tertiary/aromatic N) is 3. The Balaban J connectivity index is 1.64. The minimum Gasteiger partial charge on any atom is -0.377 e. The Kier molecular flexibility index (Phi) is 6.62. The molecule has 3 aromatic rings. The minimum atomic E-state index is -0.0142. The molecule has 0 saturated carbocycles. The summed E-state index contributed by atoms with van der Waals surface area (Å²) in [6.45, 7) is 2.35. The number of nitrogens with one attached hydrogen (secondary N) is 1. The minimum absolute atomic E-state index is 0.0142. The van der Waals surface area contributed by atoms with Crippen LogP contribution in [-0.4, -0.2) is 33.5 Å². The molecule has 0 aliphatic heterocycles. The number of anilines is 1. The van der Waals surface area contributed by atoms with Crippen molar-refractivity contribution < 1.29 is 9.53 Å². The Morgan fingerprint density at radius 3 is 2.59 bits per heavy atom. The number of benzene rings is 2. The first-order chi connectivity index (χ1) is 13.2. The maximum absolute atomic E-state index is 12.2. The van der Waals surface area contributed by atoms with Gasteiger partial charge in [0.05, 0.1) is 0 Å². The third-order valence-electron chi connectivity index (χ3n) is 3.97. The second-order valence-corrected chi connectivity index (χ2v) is 7.03. The Morgan fingerprint density at radius 2 is 1.85 bits per heavy atom. The lowest BCUT2D eigenvalue weighted by Crippen LogP contribution is -2.13. The molecule has 0 radical (unpaired) electrons. The van der Waals surface area contributed by atoms with Crippen LogP contribution >= 0.6 is 11.8 Å². The van der Waals surface area contributed by atoms with E-state index in [0.717, 1.165) is 27.9 Å². The fourth-order valence-electron chi connectivity index (χ4n) is 2.61. The monoisotopic (exact) mass is 382 g/mol. The van der Waals surface area contributed by atoms with Crippen LogP contribution in [0.3, 0.4) is 0 Å². The molecule has 3 rings (SSSR count). The topological polar surface area (TPSA) is 69.0 Å². The van der Waals surface area contributed by atoms with Crippen molar-refractivity contribution in [2.75, 3.05) is 18.2 Å². The van der Waals surface area contributed by atoms with Crippen LogP contribution in [0.15, 0.2) is 59.8 Å². The van der Waals surface area contributed by atoms with Crippen LogP contribution in [-0.2, 0) is 16.1 Å². The molecule has 6 nitrogen and oxygen atoms in total. The highest BCUT2D eigenvalue weighted by Gasteiger charge is 2.15. The number of rotatable bonds is 8. The maximum atomic E-state index is 12.2. The molecule has 1 heterocycles. The summed E-state index contributed by atoms with van der Waals surface area (Å²) < 4.78 is 7.19. The molecule has 0 fully saturated rings. The maximum Gasteiger partial charge on any atom is 0.225 e. The summed E-state index contributed by atoms with van der Waals surface area (Å²) in [5.41, 5.74) is 2.87. The first-order valence-electron chi connectivity index (χ1n) is 8.66. The average Bonchev–Trinajstić information content (AvgIpc) is 3.07. The third kappa shape index (κ3) is 4.96. The molecular formula is C20H22N4O2S. The smallest absolute Gasteiger partial charge is 0.225 e. The Bertz CT molecular complexity index is 896.